The van der Waals surface area contributed by atoms with Crippen molar-refractivity contribution in [3.63, 3.8) is 0 Å². The van der Waals surface area contributed by atoms with Gasteiger partial charge in [0.2, 0.25) is 0 Å². The number of amides is 1. The number of anilines is 1. The van der Waals surface area contributed by atoms with Crippen LogP contribution in [-0.2, 0) is 4.74 Å². The summed E-state index contributed by atoms with van der Waals surface area (Å²) in [6, 6.07) is 3.01. The highest BCUT2D eigenvalue weighted by molar-refractivity contribution is 7.11. The number of aromatic nitrogens is 1. The Morgan fingerprint density at radius 3 is 2.54 bits per heavy atom. The van der Waals surface area contributed by atoms with Gasteiger partial charge in [0.1, 0.15) is 10.8 Å². The molecule has 8 heteroatoms. The summed E-state index contributed by atoms with van der Waals surface area (Å²) in [7, 11) is 2.70. The van der Waals surface area contributed by atoms with Gasteiger partial charge in [0.05, 0.1) is 31.2 Å². The second-order valence-electron chi connectivity index (χ2n) is 5.18. The van der Waals surface area contributed by atoms with Gasteiger partial charge in [-0.1, -0.05) is 25.4 Å². The Labute approximate surface area is 148 Å². The molecule has 0 fully saturated rings. The maximum atomic E-state index is 12.5. The van der Waals surface area contributed by atoms with Crippen LogP contribution in [0.2, 0.25) is 5.02 Å². The van der Waals surface area contributed by atoms with E-state index in [2.05, 4.69) is 10.3 Å². The minimum Gasteiger partial charge on any atom is -0.495 e. The van der Waals surface area contributed by atoms with Gasteiger partial charge in [0, 0.05) is 5.38 Å². The van der Waals surface area contributed by atoms with Crippen molar-refractivity contribution in [3.8, 4) is 5.75 Å². The van der Waals surface area contributed by atoms with Crippen LogP contribution in [0.15, 0.2) is 17.5 Å². The smallest absolute Gasteiger partial charge is 0.340 e. The van der Waals surface area contributed by atoms with Crippen molar-refractivity contribution in [2.75, 3.05) is 19.5 Å². The second kappa shape index (κ2) is 7.63. The lowest BCUT2D eigenvalue weighted by molar-refractivity contribution is 0.0602. The lowest BCUT2D eigenvalue weighted by atomic mass is 10.1. The Morgan fingerprint density at radius 1 is 1.29 bits per heavy atom. The molecule has 0 bridgehead atoms. The van der Waals surface area contributed by atoms with Gasteiger partial charge in [0.15, 0.2) is 5.01 Å². The third kappa shape index (κ3) is 3.68. The first-order valence-electron chi connectivity index (χ1n) is 7.10. The van der Waals surface area contributed by atoms with E-state index in [1.807, 2.05) is 19.2 Å². The van der Waals surface area contributed by atoms with Gasteiger partial charge in [-0.25, -0.2) is 9.78 Å². The Bertz CT molecular complexity index is 773. The molecule has 128 valence electrons. The zero-order chi connectivity index (χ0) is 17.9. The molecule has 0 atom stereocenters. The molecule has 0 radical (unpaired) electrons. The molecule has 24 heavy (non-hydrogen) atoms. The van der Waals surface area contributed by atoms with Crippen molar-refractivity contribution in [2.45, 2.75) is 19.8 Å². The Morgan fingerprint density at radius 2 is 2.00 bits per heavy atom. The van der Waals surface area contributed by atoms with Crippen LogP contribution in [-0.4, -0.2) is 31.1 Å². The number of nitrogens with one attached hydrogen (secondary N) is 1. The number of hydrogen-bond acceptors (Lipinski definition) is 6. The molecule has 0 aliphatic carbocycles. The van der Waals surface area contributed by atoms with Gasteiger partial charge in [-0.05, 0) is 18.1 Å². The summed E-state index contributed by atoms with van der Waals surface area (Å²) < 4.78 is 9.85. The number of thiazole rings is 1. The van der Waals surface area contributed by atoms with E-state index in [9.17, 15) is 9.59 Å². The van der Waals surface area contributed by atoms with Crippen LogP contribution >= 0.6 is 22.9 Å². The molecule has 1 aromatic heterocycles. The van der Waals surface area contributed by atoms with Crippen LogP contribution < -0.4 is 10.1 Å². The van der Waals surface area contributed by atoms with Crippen molar-refractivity contribution in [2.24, 2.45) is 0 Å². The number of hydrogen-bond donors (Lipinski definition) is 1. The molecule has 0 aliphatic heterocycles. The highest BCUT2D eigenvalue weighted by atomic mass is 35.5. The van der Waals surface area contributed by atoms with E-state index in [-0.39, 0.29) is 27.2 Å². The van der Waals surface area contributed by atoms with E-state index >= 15 is 0 Å². The third-order valence-electron chi connectivity index (χ3n) is 3.28. The number of halogens is 1. The standard InChI is InChI=1S/C16H17ClN2O4S/c1-8(2)10-7-24-15(18-10)14(20)19-13-9(16(21)23-4)5-6-11(22-3)12(13)17/h5-8H,1-4H3,(H,19,20). The van der Waals surface area contributed by atoms with Gasteiger partial charge in [-0.3, -0.25) is 4.79 Å². The molecular weight excluding hydrogens is 352 g/mol. The van der Waals surface area contributed by atoms with Gasteiger partial charge in [0.25, 0.3) is 5.91 Å². The molecule has 0 saturated carbocycles. The zero-order valence-electron chi connectivity index (χ0n) is 13.7. The molecule has 0 saturated heterocycles. The lowest BCUT2D eigenvalue weighted by Crippen LogP contribution is -2.16. The van der Waals surface area contributed by atoms with E-state index in [4.69, 9.17) is 21.1 Å². The fourth-order valence-corrected chi connectivity index (χ4v) is 3.10. The Hall–Kier alpha value is -2.12. The summed E-state index contributed by atoms with van der Waals surface area (Å²) in [5.41, 5.74) is 1.10. The number of rotatable bonds is 5. The van der Waals surface area contributed by atoms with Crippen LogP contribution in [0.3, 0.4) is 0 Å². The predicted octanol–water partition coefficient (Wildman–Crippen LogP) is 3.97. The highest BCUT2D eigenvalue weighted by Gasteiger charge is 2.22. The summed E-state index contributed by atoms with van der Waals surface area (Å²) >= 11 is 7.47. The number of carbonyl (C=O) groups is 2. The van der Waals surface area contributed by atoms with E-state index < -0.39 is 11.9 Å². The largest absolute Gasteiger partial charge is 0.495 e. The molecule has 6 nitrogen and oxygen atoms in total. The van der Waals surface area contributed by atoms with E-state index in [1.54, 1.807) is 0 Å². The van der Waals surface area contributed by atoms with Crippen LogP contribution in [0.5, 0.6) is 5.75 Å². The minimum atomic E-state index is -0.614. The third-order valence-corrected chi connectivity index (χ3v) is 4.51. The quantitative estimate of drug-likeness (QED) is 0.808. The molecule has 2 aromatic rings. The number of carbonyl (C=O) groups excluding carboxylic acids is 2. The fraction of sp³-hybridized carbons (Fsp3) is 0.312. The van der Waals surface area contributed by atoms with Crippen molar-refractivity contribution in [1.82, 2.24) is 4.98 Å². The SMILES string of the molecule is COC(=O)c1ccc(OC)c(Cl)c1NC(=O)c1nc(C(C)C)cs1. The number of methoxy groups -OCH3 is 2. The highest BCUT2D eigenvalue weighted by Crippen LogP contribution is 2.36. The molecule has 1 aromatic carbocycles. The first-order valence-corrected chi connectivity index (χ1v) is 8.36. The summed E-state index contributed by atoms with van der Waals surface area (Å²) in [6.07, 6.45) is 0. The monoisotopic (exact) mass is 368 g/mol. The van der Waals surface area contributed by atoms with Crippen molar-refractivity contribution in [3.05, 3.63) is 38.8 Å². The molecule has 1 heterocycles. The topological polar surface area (TPSA) is 77.5 Å². The zero-order valence-corrected chi connectivity index (χ0v) is 15.2. The van der Waals surface area contributed by atoms with Crippen molar-refractivity contribution in [1.29, 1.82) is 0 Å². The number of benzene rings is 1. The maximum Gasteiger partial charge on any atom is 0.340 e. The Balaban J connectivity index is 2.39. The molecular formula is C16H17ClN2O4S. The first kappa shape index (κ1) is 18.2. The molecule has 1 N–H and O–H groups in total. The molecule has 1 amide bonds. The summed E-state index contributed by atoms with van der Waals surface area (Å²) in [4.78, 5) is 28.7. The predicted molar refractivity (Wildman–Crippen MR) is 93.5 cm³/mol. The van der Waals surface area contributed by atoms with E-state index in [0.717, 1.165) is 5.69 Å². The number of esters is 1. The lowest BCUT2D eigenvalue weighted by Gasteiger charge is -2.13. The maximum absolute atomic E-state index is 12.5. The summed E-state index contributed by atoms with van der Waals surface area (Å²) in [6.45, 7) is 3.98. The molecule has 2 rings (SSSR count). The summed E-state index contributed by atoms with van der Waals surface area (Å²) in [5, 5.41) is 4.87. The fourth-order valence-electron chi connectivity index (χ4n) is 1.94. The van der Waals surface area contributed by atoms with Crippen LogP contribution in [0, 0.1) is 0 Å². The summed E-state index contributed by atoms with van der Waals surface area (Å²) in [5.74, 6) is -0.514. The molecule has 0 spiro atoms. The van der Waals surface area contributed by atoms with Crippen LogP contribution in [0.25, 0.3) is 0 Å². The average Bonchev–Trinajstić information content (AvgIpc) is 3.06. The van der Waals surface area contributed by atoms with Gasteiger partial charge >= 0.3 is 5.97 Å². The average molecular weight is 369 g/mol. The minimum absolute atomic E-state index is 0.120. The second-order valence-corrected chi connectivity index (χ2v) is 6.42. The number of nitrogens with zero attached hydrogens (tertiary/aromatic N) is 1. The molecule has 0 unspecified atom stereocenters. The van der Waals surface area contributed by atoms with Crippen molar-refractivity contribution < 1.29 is 19.1 Å². The van der Waals surface area contributed by atoms with Gasteiger partial charge in [-0.2, -0.15) is 0 Å². The van der Waals surface area contributed by atoms with Crippen LogP contribution in [0.1, 0.15) is 45.6 Å². The number of ether oxygens (including phenoxy) is 2. The van der Waals surface area contributed by atoms with Crippen molar-refractivity contribution >= 4 is 40.5 Å². The van der Waals surface area contributed by atoms with E-state index in [0.29, 0.717) is 5.75 Å². The van der Waals surface area contributed by atoms with Gasteiger partial charge in [-0.15, -0.1) is 11.3 Å². The normalized spacial score (nSPS) is 10.6. The van der Waals surface area contributed by atoms with Crippen LogP contribution in [0.4, 0.5) is 5.69 Å². The van der Waals surface area contributed by atoms with E-state index in [1.165, 1.54) is 37.7 Å². The first-order chi connectivity index (χ1) is 11.4. The molecule has 0 aliphatic rings. The van der Waals surface area contributed by atoms with Gasteiger partial charge < -0.3 is 14.8 Å². The Kier molecular flexibility index (Phi) is 5.80.